The number of aromatic nitrogens is 1. The van der Waals surface area contributed by atoms with Crippen molar-refractivity contribution in [2.75, 3.05) is 17.7 Å². The number of nitrogens with one attached hydrogen (secondary N) is 2. The zero-order valence-electron chi connectivity index (χ0n) is 9.74. The maximum absolute atomic E-state index is 13.2. The van der Waals surface area contributed by atoms with Crippen molar-refractivity contribution in [1.29, 1.82) is 5.26 Å². The Morgan fingerprint density at radius 1 is 1.22 bits per heavy atom. The maximum atomic E-state index is 13.2. The number of hydrogen-bond donors (Lipinski definition) is 2. The number of hydrogen-bond acceptors (Lipinski definition) is 4. The summed E-state index contributed by atoms with van der Waals surface area (Å²) >= 11 is 0. The summed E-state index contributed by atoms with van der Waals surface area (Å²) in [5.74, 6) is 0.819. The van der Waals surface area contributed by atoms with Gasteiger partial charge in [-0.25, -0.2) is 9.37 Å². The predicted octanol–water partition coefficient (Wildman–Crippen LogP) is 2.88. The number of nitriles is 1. The minimum absolute atomic E-state index is 0.00442. The summed E-state index contributed by atoms with van der Waals surface area (Å²) in [6.07, 6.45) is 0. The van der Waals surface area contributed by atoms with E-state index in [-0.39, 0.29) is 5.56 Å². The van der Waals surface area contributed by atoms with Crippen LogP contribution in [0.25, 0.3) is 0 Å². The highest BCUT2D eigenvalue weighted by atomic mass is 19.1. The van der Waals surface area contributed by atoms with Gasteiger partial charge in [0.25, 0.3) is 0 Å². The van der Waals surface area contributed by atoms with Gasteiger partial charge in [0.05, 0.1) is 5.56 Å². The highest BCUT2D eigenvalue weighted by Crippen LogP contribution is 2.19. The second kappa shape index (κ2) is 5.15. The van der Waals surface area contributed by atoms with E-state index in [9.17, 15) is 4.39 Å². The zero-order chi connectivity index (χ0) is 13.0. The molecule has 0 saturated heterocycles. The smallest absolute Gasteiger partial charge is 0.141 e. The van der Waals surface area contributed by atoms with E-state index in [4.69, 9.17) is 5.26 Å². The minimum Gasteiger partial charge on any atom is -0.373 e. The fourth-order valence-corrected chi connectivity index (χ4v) is 1.48. The summed E-state index contributed by atoms with van der Waals surface area (Å²) in [7, 11) is 1.78. The lowest BCUT2D eigenvalue weighted by atomic mass is 10.2. The van der Waals surface area contributed by atoms with Crippen molar-refractivity contribution < 1.29 is 4.39 Å². The second-order valence-electron chi connectivity index (χ2n) is 3.59. The molecule has 5 heteroatoms. The van der Waals surface area contributed by atoms with E-state index in [0.29, 0.717) is 11.5 Å². The number of halogens is 1. The van der Waals surface area contributed by atoms with E-state index in [0.717, 1.165) is 5.82 Å². The highest BCUT2D eigenvalue weighted by molar-refractivity contribution is 5.60. The van der Waals surface area contributed by atoms with Crippen LogP contribution in [0.5, 0.6) is 0 Å². The van der Waals surface area contributed by atoms with E-state index >= 15 is 0 Å². The van der Waals surface area contributed by atoms with E-state index < -0.39 is 5.82 Å². The van der Waals surface area contributed by atoms with Gasteiger partial charge < -0.3 is 10.6 Å². The lowest BCUT2D eigenvalue weighted by molar-refractivity contribution is 0.624. The fourth-order valence-electron chi connectivity index (χ4n) is 1.48. The van der Waals surface area contributed by atoms with Gasteiger partial charge in [0.15, 0.2) is 0 Å². The number of anilines is 3. The van der Waals surface area contributed by atoms with Crippen molar-refractivity contribution in [2.24, 2.45) is 0 Å². The predicted molar refractivity (Wildman–Crippen MR) is 68.2 cm³/mol. The molecule has 18 heavy (non-hydrogen) atoms. The van der Waals surface area contributed by atoms with Crippen molar-refractivity contribution in [2.45, 2.75) is 0 Å². The molecule has 4 nitrogen and oxygen atoms in total. The van der Waals surface area contributed by atoms with Crippen LogP contribution in [0, 0.1) is 17.1 Å². The van der Waals surface area contributed by atoms with Crippen LogP contribution >= 0.6 is 0 Å². The van der Waals surface area contributed by atoms with Crippen molar-refractivity contribution in [3.05, 3.63) is 47.8 Å². The second-order valence-corrected chi connectivity index (χ2v) is 3.59. The Morgan fingerprint density at radius 2 is 2.00 bits per heavy atom. The van der Waals surface area contributed by atoms with Gasteiger partial charge in [-0.1, -0.05) is 6.07 Å². The molecule has 0 radical (unpaired) electrons. The molecular formula is C13H11FN4. The van der Waals surface area contributed by atoms with Crippen LogP contribution in [0.3, 0.4) is 0 Å². The number of pyridine rings is 1. The first-order valence-corrected chi connectivity index (χ1v) is 5.34. The average molecular weight is 242 g/mol. The third kappa shape index (κ3) is 2.55. The van der Waals surface area contributed by atoms with Crippen LogP contribution in [-0.2, 0) is 0 Å². The normalized spacial score (nSPS) is 9.61. The highest BCUT2D eigenvalue weighted by Gasteiger charge is 2.03. The summed E-state index contributed by atoms with van der Waals surface area (Å²) in [5, 5.41) is 14.7. The Bertz CT molecular complexity index is 604. The molecule has 1 heterocycles. The van der Waals surface area contributed by atoms with Crippen molar-refractivity contribution >= 4 is 17.3 Å². The SMILES string of the molecule is CNc1cccc(Nc2ccc(F)c(C#N)c2)n1. The topological polar surface area (TPSA) is 60.7 Å². The average Bonchev–Trinajstić information content (AvgIpc) is 2.41. The van der Waals surface area contributed by atoms with E-state index in [1.165, 1.54) is 12.1 Å². The monoisotopic (exact) mass is 242 g/mol. The van der Waals surface area contributed by atoms with Gasteiger partial charge in [-0.2, -0.15) is 5.26 Å². The Kier molecular flexibility index (Phi) is 3.39. The molecule has 0 bridgehead atoms. The van der Waals surface area contributed by atoms with Gasteiger partial charge in [-0.3, -0.25) is 0 Å². The van der Waals surface area contributed by atoms with Gasteiger partial charge in [-0.15, -0.1) is 0 Å². The van der Waals surface area contributed by atoms with Gasteiger partial charge in [0.1, 0.15) is 23.5 Å². The number of nitrogens with zero attached hydrogens (tertiary/aromatic N) is 2. The summed E-state index contributed by atoms with van der Waals surface area (Å²) in [6.45, 7) is 0. The molecule has 0 spiro atoms. The maximum Gasteiger partial charge on any atom is 0.141 e. The molecule has 0 aliphatic heterocycles. The molecule has 0 atom stereocenters. The van der Waals surface area contributed by atoms with Crippen LogP contribution in [-0.4, -0.2) is 12.0 Å². The van der Waals surface area contributed by atoms with Crippen molar-refractivity contribution in [1.82, 2.24) is 4.98 Å². The first kappa shape index (κ1) is 11.9. The Labute approximate surface area is 104 Å². The van der Waals surface area contributed by atoms with Gasteiger partial charge in [0.2, 0.25) is 0 Å². The van der Waals surface area contributed by atoms with Gasteiger partial charge >= 0.3 is 0 Å². The molecule has 0 amide bonds. The molecule has 1 aromatic carbocycles. The first-order chi connectivity index (χ1) is 8.72. The molecule has 1 aromatic heterocycles. The van der Waals surface area contributed by atoms with Gasteiger partial charge in [-0.05, 0) is 30.3 Å². The lowest BCUT2D eigenvalue weighted by Gasteiger charge is -2.07. The minimum atomic E-state index is -0.528. The van der Waals surface area contributed by atoms with Gasteiger partial charge in [0, 0.05) is 12.7 Å². The molecular weight excluding hydrogens is 231 g/mol. The Morgan fingerprint density at radius 3 is 2.72 bits per heavy atom. The Hall–Kier alpha value is -2.61. The fraction of sp³-hybridized carbons (Fsp3) is 0.0769. The summed E-state index contributed by atoms with van der Waals surface area (Å²) in [5.41, 5.74) is 0.624. The Balaban J connectivity index is 2.26. The van der Waals surface area contributed by atoms with Crippen LogP contribution in [0.15, 0.2) is 36.4 Å². The standard InChI is InChI=1S/C13H11FN4/c1-16-12-3-2-4-13(18-12)17-10-5-6-11(14)9(7-10)8-15/h2-7H,1H3,(H2,16,17,18). The summed E-state index contributed by atoms with van der Waals surface area (Å²) in [4.78, 5) is 4.27. The molecule has 2 rings (SSSR count). The van der Waals surface area contributed by atoms with Crippen LogP contribution in [0.1, 0.15) is 5.56 Å². The molecule has 0 saturated carbocycles. The third-order valence-electron chi connectivity index (χ3n) is 2.36. The molecule has 2 aromatic rings. The lowest BCUT2D eigenvalue weighted by Crippen LogP contribution is -1.98. The van der Waals surface area contributed by atoms with Crippen LogP contribution in [0.2, 0.25) is 0 Å². The molecule has 0 aliphatic rings. The van der Waals surface area contributed by atoms with Crippen LogP contribution in [0.4, 0.5) is 21.7 Å². The van der Waals surface area contributed by atoms with Crippen molar-refractivity contribution in [3.63, 3.8) is 0 Å². The molecule has 90 valence electrons. The number of rotatable bonds is 3. The molecule has 0 fully saturated rings. The molecule has 0 aliphatic carbocycles. The van der Waals surface area contributed by atoms with Crippen LogP contribution < -0.4 is 10.6 Å². The summed E-state index contributed by atoms with van der Waals surface area (Å²) < 4.78 is 13.2. The van der Waals surface area contributed by atoms with E-state index in [1.54, 1.807) is 25.2 Å². The first-order valence-electron chi connectivity index (χ1n) is 5.34. The quantitative estimate of drug-likeness (QED) is 0.868. The van der Waals surface area contributed by atoms with E-state index in [1.807, 2.05) is 12.1 Å². The third-order valence-corrected chi connectivity index (χ3v) is 2.36. The van der Waals surface area contributed by atoms with E-state index in [2.05, 4.69) is 15.6 Å². The molecule has 0 unspecified atom stereocenters. The summed E-state index contributed by atoms with van der Waals surface area (Å²) in [6, 6.07) is 11.5. The van der Waals surface area contributed by atoms with Crippen molar-refractivity contribution in [3.8, 4) is 6.07 Å². The molecule has 2 N–H and O–H groups in total. The largest absolute Gasteiger partial charge is 0.373 e. The zero-order valence-corrected chi connectivity index (χ0v) is 9.74. The number of benzene rings is 1.